The summed E-state index contributed by atoms with van der Waals surface area (Å²) in [7, 11) is 1.58. The summed E-state index contributed by atoms with van der Waals surface area (Å²) in [5.41, 5.74) is 2.87. The SMILES string of the molecule is COc1ccccc1NC(=O)C1=C(C)Nc2ncnn2C1c1ccccc1. The van der Waals surface area contributed by atoms with Crippen molar-refractivity contribution in [3.8, 4) is 5.75 Å². The van der Waals surface area contributed by atoms with Crippen molar-refractivity contribution in [2.45, 2.75) is 13.0 Å². The number of hydrogen-bond acceptors (Lipinski definition) is 5. The van der Waals surface area contributed by atoms with Crippen LogP contribution in [-0.2, 0) is 4.79 Å². The Balaban J connectivity index is 1.76. The minimum atomic E-state index is -0.375. The Kier molecular flexibility index (Phi) is 4.33. The molecule has 3 aromatic rings. The van der Waals surface area contributed by atoms with Gasteiger partial charge in [-0.15, -0.1) is 0 Å². The van der Waals surface area contributed by atoms with Crippen LogP contribution in [0.2, 0.25) is 0 Å². The van der Waals surface area contributed by atoms with E-state index >= 15 is 0 Å². The molecular formula is C20H19N5O2. The zero-order chi connectivity index (χ0) is 18.8. The Labute approximate surface area is 156 Å². The van der Waals surface area contributed by atoms with Crippen LogP contribution in [0.15, 0.2) is 72.2 Å². The Morgan fingerprint density at radius 3 is 2.67 bits per heavy atom. The molecule has 0 saturated carbocycles. The topological polar surface area (TPSA) is 81.1 Å². The lowest BCUT2D eigenvalue weighted by molar-refractivity contribution is -0.113. The average Bonchev–Trinajstić information content (AvgIpc) is 3.15. The van der Waals surface area contributed by atoms with Crippen molar-refractivity contribution in [3.63, 3.8) is 0 Å². The van der Waals surface area contributed by atoms with Crippen LogP contribution in [0.5, 0.6) is 5.75 Å². The summed E-state index contributed by atoms with van der Waals surface area (Å²) in [6.45, 7) is 1.87. The molecule has 0 fully saturated rings. The van der Waals surface area contributed by atoms with Gasteiger partial charge < -0.3 is 15.4 Å². The van der Waals surface area contributed by atoms with E-state index in [-0.39, 0.29) is 11.9 Å². The van der Waals surface area contributed by atoms with Crippen LogP contribution in [-0.4, -0.2) is 27.8 Å². The first kappa shape index (κ1) is 16.8. The van der Waals surface area contributed by atoms with Crippen LogP contribution in [0.3, 0.4) is 0 Å². The van der Waals surface area contributed by atoms with Gasteiger partial charge in [-0.05, 0) is 24.6 Å². The van der Waals surface area contributed by atoms with Crippen molar-refractivity contribution < 1.29 is 9.53 Å². The van der Waals surface area contributed by atoms with Gasteiger partial charge in [0.2, 0.25) is 5.95 Å². The number of benzene rings is 2. The third-order valence-electron chi connectivity index (χ3n) is 4.51. The monoisotopic (exact) mass is 361 g/mol. The number of carbonyl (C=O) groups excluding carboxylic acids is 1. The summed E-state index contributed by atoms with van der Waals surface area (Å²) in [4.78, 5) is 17.5. The molecule has 136 valence electrons. The second-order valence-electron chi connectivity index (χ2n) is 6.16. The largest absolute Gasteiger partial charge is 0.495 e. The Hall–Kier alpha value is -3.61. The van der Waals surface area contributed by atoms with Gasteiger partial charge in [0.1, 0.15) is 18.1 Å². The summed E-state index contributed by atoms with van der Waals surface area (Å²) < 4.78 is 7.06. The molecule has 4 rings (SSSR count). The molecule has 1 unspecified atom stereocenters. The highest BCUT2D eigenvalue weighted by molar-refractivity contribution is 6.06. The molecule has 0 saturated heterocycles. The zero-order valence-electron chi connectivity index (χ0n) is 15.0. The Morgan fingerprint density at radius 1 is 1.15 bits per heavy atom. The molecule has 2 N–H and O–H groups in total. The molecule has 0 spiro atoms. The van der Waals surface area contributed by atoms with E-state index < -0.39 is 0 Å². The third kappa shape index (κ3) is 3.03. The van der Waals surface area contributed by atoms with Gasteiger partial charge in [0.15, 0.2) is 0 Å². The number of methoxy groups -OCH3 is 1. The maximum atomic E-state index is 13.2. The number of fused-ring (bicyclic) bond motifs is 1. The highest BCUT2D eigenvalue weighted by atomic mass is 16.5. The van der Waals surface area contributed by atoms with Gasteiger partial charge in [-0.2, -0.15) is 10.1 Å². The number of anilines is 2. The second kappa shape index (κ2) is 6.95. The van der Waals surface area contributed by atoms with Gasteiger partial charge in [0.25, 0.3) is 5.91 Å². The van der Waals surface area contributed by atoms with E-state index in [4.69, 9.17) is 4.74 Å². The van der Waals surface area contributed by atoms with E-state index in [0.717, 1.165) is 11.3 Å². The molecule has 0 aliphatic carbocycles. The van der Waals surface area contributed by atoms with Crippen molar-refractivity contribution in [2.24, 2.45) is 0 Å². The molecule has 0 radical (unpaired) electrons. The molecule has 1 amide bonds. The fourth-order valence-corrected chi connectivity index (χ4v) is 3.27. The molecule has 7 heteroatoms. The van der Waals surface area contributed by atoms with E-state index in [0.29, 0.717) is 23.0 Å². The van der Waals surface area contributed by atoms with Crippen molar-refractivity contribution >= 4 is 17.5 Å². The van der Waals surface area contributed by atoms with E-state index in [1.807, 2.05) is 49.4 Å². The summed E-state index contributed by atoms with van der Waals surface area (Å²) in [5, 5.41) is 10.4. The molecule has 1 aliphatic heterocycles. The maximum Gasteiger partial charge on any atom is 0.255 e. The molecule has 1 aliphatic rings. The number of nitrogens with zero attached hydrogens (tertiary/aromatic N) is 3. The standard InChI is InChI=1S/C20H19N5O2/c1-13-17(19(26)24-15-10-6-7-11-16(15)27-2)18(14-8-4-3-5-9-14)25-20(23-13)21-12-22-25/h3-12,18H,1-2H3,(H,24,26)(H,21,22,23). The molecule has 2 heterocycles. The maximum absolute atomic E-state index is 13.2. The molecule has 0 bridgehead atoms. The minimum Gasteiger partial charge on any atom is -0.495 e. The number of para-hydroxylation sites is 2. The summed E-state index contributed by atoms with van der Waals surface area (Å²) in [5.74, 6) is 0.986. The van der Waals surface area contributed by atoms with E-state index in [1.165, 1.54) is 6.33 Å². The summed E-state index contributed by atoms with van der Waals surface area (Å²) in [6, 6.07) is 16.7. The van der Waals surface area contributed by atoms with Crippen molar-refractivity contribution in [1.29, 1.82) is 0 Å². The number of rotatable bonds is 4. The average molecular weight is 361 g/mol. The summed E-state index contributed by atoms with van der Waals surface area (Å²) >= 11 is 0. The fourth-order valence-electron chi connectivity index (χ4n) is 3.27. The highest BCUT2D eigenvalue weighted by Gasteiger charge is 2.33. The Morgan fingerprint density at radius 2 is 1.89 bits per heavy atom. The summed E-state index contributed by atoms with van der Waals surface area (Å²) in [6.07, 6.45) is 1.48. The fraction of sp³-hybridized carbons (Fsp3) is 0.150. The third-order valence-corrected chi connectivity index (χ3v) is 4.51. The van der Waals surface area contributed by atoms with E-state index in [1.54, 1.807) is 23.9 Å². The van der Waals surface area contributed by atoms with Gasteiger partial charge in [0, 0.05) is 5.70 Å². The first-order valence-corrected chi connectivity index (χ1v) is 8.55. The van der Waals surface area contributed by atoms with Crippen LogP contribution in [0, 0.1) is 0 Å². The number of carbonyl (C=O) groups is 1. The van der Waals surface area contributed by atoms with Gasteiger partial charge in [0.05, 0.1) is 18.4 Å². The first-order valence-electron chi connectivity index (χ1n) is 8.55. The lowest BCUT2D eigenvalue weighted by Crippen LogP contribution is -2.31. The molecular weight excluding hydrogens is 342 g/mol. The second-order valence-corrected chi connectivity index (χ2v) is 6.16. The van der Waals surface area contributed by atoms with Gasteiger partial charge in [-0.1, -0.05) is 42.5 Å². The van der Waals surface area contributed by atoms with Gasteiger partial charge in [-0.3, -0.25) is 4.79 Å². The predicted octanol–water partition coefficient (Wildman–Crippen LogP) is 3.21. The van der Waals surface area contributed by atoms with Crippen molar-refractivity contribution in [2.75, 3.05) is 17.7 Å². The zero-order valence-corrected chi connectivity index (χ0v) is 15.0. The van der Waals surface area contributed by atoms with Crippen LogP contribution < -0.4 is 15.4 Å². The van der Waals surface area contributed by atoms with Crippen LogP contribution >= 0.6 is 0 Å². The number of aromatic nitrogens is 3. The highest BCUT2D eigenvalue weighted by Crippen LogP contribution is 2.35. The van der Waals surface area contributed by atoms with Crippen LogP contribution in [0.25, 0.3) is 0 Å². The number of hydrogen-bond donors (Lipinski definition) is 2. The van der Waals surface area contributed by atoms with Crippen molar-refractivity contribution in [1.82, 2.24) is 14.8 Å². The van der Waals surface area contributed by atoms with Gasteiger partial charge in [-0.25, -0.2) is 4.68 Å². The van der Waals surface area contributed by atoms with E-state index in [2.05, 4.69) is 20.7 Å². The molecule has 1 aromatic heterocycles. The number of ether oxygens (including phenoxy) is 1. The van der Waals surface area contributed by atoms with Gasteiger partial charge >= 0.3 is 0 Å². The Bertz CT molecular complexity index is 1010. The molecule has 27 heavy (non-hydrogen) atoms. The predicted molar refractivity (Wildman–Crippen MR) is 103 cm³/mol. The molecule has 7 nitrogen and oxygen atoms in total. The number of nitrogens with one attached hydrogen (secondary N) is 2. The number of allylic oxidation sites excluding steroid dienone is 1. The molecule has 2 aromatic carbocycles. The lowest BCUT2D eigenvalue weighted by Gasteiger charge is -2.28. The minimum absolute atomic E-state index is 0.223. The van der Waals surface area contributed by atoms with Crippen LogP contribution in [0.4, 0.5) is 11.6 Å². The first-order chi connectivity index (χ1) is 13.2. The van der Waals surface area contributed by atoms with Crippen LogP contribution in [0.1, 0.15) is 18.5 Å². The lowest BCUT2D eigenvalue weighted by atomic mass is 9.95. The quantitative estimate of drug-likeness (QED) is 0.746. The number of amides is 1. The molecule has 1 atom stereocenters. The van der Waals surface area contributed by atoms with E-state index in [9.17, 15) is 4.79 Å². The smallest absolute Gasteiger partial charge is 0.255 e. The van der Waals surface area contributed by atoms with Crippen molar-refractivity contribution in [3.05, 3.63) is 77.8 Å². The normalized spacial score (nSPS) is 15.7.